The molecule has 0 saturated carbocycles. The van der Waals surface area contributed by atoms with Gasteiger partial charge in [0.15, 0.2) is 18.9 Å². The van der Waals surface area contributed by atoms with Gasteiger partial charge < -0.3 is 20.0 Å². The summed E-state index contributed by atoms with van der Waals surface area (Å²) in [5.41, 5.74) is 7.13. The van der Waals surface area contributed by atoms with Crippen LogP contribution in [0, 0.1) is 0 Å². The van der Waals surface area contributed by atoms with Crippen LogP contribution in [-0.4, -0.2) is 68.7 Å². The quantitative estimate of drug-likeness (QED) is 0.119. The van der Waals surface area contributed by atoms with E-state index in [2.05, 4.69) is 127 Å². The van der Waals surface area contributed by atoms with Crippen molar-refractivity contribution in [2.75, 3.05) is 68.2 Å². The van der Waals surface area contributed by atoms with E-state index in [1.54, 1.807) is 0 Å². The Morgan fingerprint density at radius 3 is 1.72 bits per heavy atom. The average Bonchev–Trinajstić information content (AvgIpc) is 3.49. The van der Waals surface area contributed by atoms with Crippen molar-refractivity contribution < 1.29 is 19.7 Å². The first-order valence-corrected chi connectivity index (χ1v) is 17.2. The number of anilines is 2. The second kappa shape index (κ2) is 17.8. The lowest BCUT2D eigenvalue weighted by Gasteiger charge is -2.20. The van der Waals surface area contributed by atoms with E-state index < -0.39 is 0 Å². The number of aromatic nitrogens is 1. The lowest BCUT2D eigenvalue weighted by atomic mass is 10.1. The van der Waals surface area contributed by atoms with Crippen molar-refractivity contribution in [3.63, 3.8) is 0 Å². The molecule has 0 fully saturated rings. The minimum atomic E-state index is 0.150. The zero-order valence-electron chi connectivity index (χ0n) is 25.2. The second-order valence-corrected chi connectivity index (χ2v) is 13.2. The summed E-state index contributed by atoms with van der Waals surface area (Å²) in [5.74, 6) is 2.15. The monoisotopic (exact) mass is 616 g/mol. The van der Waals surface area contributed by atoms with Gasteiger partial charge in [-0.15, -0.1) is 0 Å². The van der Waals surface area contributed by atoms with Crippen LogP contribution in [-0.2, 0) is 6.54 Å². The van der Waals surface area contributed by atoms with Crippen LogP contribution in [0.3, 0.4) is 0 Å². The molecule has 0 aliphatic carbocycles. The zero-order valence-corrected chi connectivity index (χ0v) is 26.8. The van der Waals surface area contributed by atoms with Gasteiger partial charge in [0.1, 0.15) is 19.4 Å². The summed E-state index contributed by atoms with van der Waals surface area (Å²) in [6.45, 7) is 3.68. The lowest BCUT2D eigenvalue weighted by molar-refractivity contribution is -0.788. The van der Waals surface area contributed by atoms with Crippen molar-refractivity contribution in [3.8, 4) is 0 Å². The highest BCUT2D eigenvalue weighted by Crippen LogP contribution is 2.24. The molecule has 1 aliphatic heterocycles. The van der Waals surface area contributed by atoms with Crippen LogP contribution in [0.1, 0.15) is 16.7 Å². The molecule has 6 nitrogen and oxygen atoms in total. The molecule has 0 saturated heterocycles. The number of nitrogens with one attached hydrogen (secondary N) is 1. The van der Waals surface area contributed by atoms with Crippen molar-refractivity contribution in [2.24, 2.45) is 0 Å². The minimum absolute atomic E-state index is 0.150. The summed E-state index contributed by atoms with van der Waals surface area (Å²) in [5, 5.41) is 18.1. The van der Waals surface area contributed by atoms with Crippen LogP contribution in [0.15, 0.2) is 103 Å². The number of allylic oxidation sites excluding steroid dienone is 3. The molecular formula is C35H44N4O2S2+2. The van der Waals surface area contributed by atoms with E-state index in [9.17, 15) is 0 Å². The molecule has 1 aliphatic rings. The SMILES string of the molecule is CN(CCSSCCN(C)c1ccc(/C=C/c2cc[n+](CCO)cc2)cc1)c1ccc(/C=C/C2=C[NH+](CCO)C=C2)cc1. The number of nitrogens with zero attached hydrogens (tertiary/aromatic N) is 3. The molecule has 1 unspecified atom stereocenters. The Hall–Kier alpha value is -3.27. The molecule has 2 aromatic carbocycles. The largest absolute Gasteiger partial charge is 0.390 e. The van der Waals surface area contributed by atoms with E-state index in [0.29, 0.717) is 13.1 Å². The van der Waals surface area contributed by atoms with Crippen molar-refractivity contribution >= 4 is 51.2 Å². The van der Waals surface area contributed by atoms with Crippen LogP contribution in [0.25, 0.3) is 18.2 Å². The maximum absolute atomic E-state index is 9.08. The zero-order chi connectivity index (χ0) is 30.3. The second-order valence-electron chi connectivity index (χ2n) is 10.5. The van der Waals surface area contributed by atoms with Crippen LogP contribution in [0.5, 0.6) is 0 Å². The number of pyridine rings is 1. The highest BCUT2D eigenvalue weighted by Gasteiger charge is 2.08. The molecule has 1 atom stereocenters. The standard InChI is InChI=1S/C35H43N4O2S2/c1-36(34-11-7-30(8-12-34)3-4-32-15-18-38(19-16-32)21-25-40)23-27-42-43-28-24-37(2)35-13-9-31(10-14-35)5-6-33-17-20-39(29-33)22-26-41/h3-20,29,40-41H,21-28H2,1-2H3/q+1/p+1/b6-5+. The first-order chi connectivity index (χ1) is 21.0. The van der Waals surface area contributed by atoms with Crippen LogP contribution >= 0.6 is 21.6 Å². The summed E-state index contributed by atoms with van der Waals surface area (Å²) >= 11 is 0. The number of rotatable bonds is 17. The Kier molecular flexibility index (Phi) is 13.5. The maximum atomic E-state index is 9.08. The molecule has 4 rings (SSSR count). The van der Waals surface area contributed by atoms with E-state index in [1.807, 2.05) is 38.5 Å². The third kappa shape index (κ3) is 11.1. The fraction of sp³-hybridized carbons (Fsp3) is 0.286. The third-order valence-electron chi connectivity index (χ3n) is 7.23. The van der Waals surface area contributed by atoms with Crippen molar-refractivity contribution in [1.29, 1.82) is 0 Å². The lowest BCUT2D eigenvalue weighted by Crippen LogP contribution is -3.02. The fourth-order valence-electron chi connectivity index (χ4n) is 4.54. The van der Waals surface area contributed by atoms with Gasteiger partial charge in [0.05, 0.1) is 12.8 Å². The summed E-state index contributed by atoms with van der Waals surface area (Å²) in [6.07, 6.45) is 18.8. The van der Waals surface area contributed by atoms with Crippen molar-refractivity contribution in [2.45, 2.75) is 6.54 Å². The Morgan fingerprint density at radius 2 is 1.21 bits per heavy atom. The molecule has 2 heterocycles. The molecule has 1 aromatic heterocycles. The van der Waals surface area contributed by atoms with Gasteiger partial charge in [0, 0.05) is 73.8 Å². The number of aliphatic hydroxyl groups excluding tert-OH is 2. The van der Waals surface area contributed by atoms with E-state index in [-0.39, 0.29) is 13.2 Å². The van der Waals surface area contributed by atoms with Gasteiger partial charge >= 0.3 is 0 Å². The van der Waals surface area contributed by atoms with Crippen LogP contribution < -0.4 is 19.3 Å². The van der Waals surface area contributed by atoms with Crippen LogP contribution in [0.4, 0.5) is 11.4 Å². The van der Waals surface area contributed by atoms with Gasteiger partial charge in [0.2, 0.25) is 0 Å². The Labute approximate surface area is 264 Å². The predicted octanol–water partition coefficient (Wildman–Crippen LogP) is 4.39. The molecule has 0 spiro atoms. The summed E-state index contributed by atoms with van der Waals surface area (Å²) in [7, 11) is 8.18. The minimum Gasteiger partial charge on any atom is -0.390 e. The molecular weight excluding hydrogens is 573 g/mol. The molecule has 0 radical (unpaired) electrons. The summed E-state index contributed by atoms with van der Waals surface area (Å²) in [6, 6.07) is 21.5. The number of quaternary nitrogens is 1. The molecule has 8 heteroatoms. The maximum Gasteiger partial charge on any atom is 0.171 e. The Bertz CT molecular complexity index is 1370. The number of aliphatic hydroxyl groups is 2. The van der Waals surface area contributed by atoms with Gasteiger partial charge in [-0.25, -0.2) is 4.57 Å². The molecule has 3 aromatic rings. The van der Waals surface area contributed by atoms with Gasteiger partial charge in [-0.1, -0.05) is 64.1 Å². The third-order valence-corrected chi connectivity index (χ3v) is 9.59. The van der Waals surface area contributed by atoms with Gasteiger partial charge in [-0.2, -0.15) is 0 Å². The molecule has 0 amide bonds. The topological polar surface area (TPSA) is 55.3 Å². The smallest absolute Gasteiger partial charge is 0.171 e. The Morgan fingerprint density at radius 1 is 0.698 bits per heavy atom. The van der Waals surface area contributed by atoms with Gasteiger partial charge in [-0.05, 0) is 47.0 Å². The van der Waals surface area contributed by atoms with E-state index in [4.69, 9.17) is 10.2 Å². The Balaban J connectivity index is 1.11. The molecule has 3 N–H and O–H groups in total. The predicted molar refractivity (Wildman–Crippen MR) is 186 cm³/mol. The normalized spacial score (nSPS) is 14.6. The first kappa shape index (κ1) is 32.6. The van der Waals surface area contributed by atoms with Gasteiger partial charge in [0.25, 0.3) is 0 Å². The van der Waals surface area contributed by atoms with E-state index in [0.717, 1.165) is 30.2 Å². The van der Waals surface area contributed by atoms with Crippen LogP contribution in [0.2, 0.25) is 0 Å². The first-order valence-electron chi connectivity index (χ1n) is 14.7. The average molecular weight is 617 g/mol. The number of hydrogen-bond acceptors (Lipinski definition) is 6. The summed E-state index contributed by atoms with van der Waals surface area (Å²) in [4.78, 5) is 5.80. The molecule has 0 bridgehead atoms. The van der Waals surface area contributed by atoms with E-state index >= 15 is 0 Å². The van der Waals surface area contributed by atoms with Gasteiger partial charge in [-0.3, -0.25) is 4.90 Å². The highest BCUT2D eigenvalue weighted by atomic mass is 33.1. The number of hydrogen-bond donors (Lipinski definition) is 3. The highest BCUT2D eigenvalue weighted by molar-refractivity contribution is 8.76. The molecule has 226 valence electrons. The van der Waals surface area contributed by atoms with Crippen molar-refractivity contribution in [3.05, 3.63) is 120 Å². The fourth-order valence-corrected chi connectivity index (χ4v) is 6.62. The number of benzene rings is 2. The van der Waals surface area contributed by atoms with E-state index in [1.165, 1.54) is 33.0 Å². The van der Waals surface area contributed by atoms with Crippen molar-refractivity contribution in [1.82, 2.24) is 0 Å². The molecule has 43 heavy (non-hydrogen) atoms. The summed E-state index contributed by atoms with van der Waals surface area (Å²) < 4.78 is 1.97.